The first-order valence-corrected chi connectivity index (χ1v) is 6.56. The standard InChI is InChI=1S/C14H27N3/c1-11(2)17-10-9-12(16-17)7-8-13(15-6)14(3,4)5/h9-11,13,15H,7-8H2,1-6H3. The molecule has 1 heterocycles. The minimum atomic E-state index is 0.301. The molecule has 0 aromatic carbocycles. The minimum absolute atomic E-state index is 0.301. The zero-order valence-corrected chi connectivity index (χ0v) is 12.1. The molecule has 0 saturated carbocycles. The summed E-state index contributed by atoms with van der Waals surface area (Å²) in [6, 6.07) is 3.12. The van der Waals surface area contributed by atoms with Gasteiger partial charge in [-0.3, -0.25) is 4.68 Å². The first kappa shape index (κ1) is 14.2. The van der Waals surface area contributed by atoms with Gasteiger partial charge in [0.15, 0.2) is 0 Å². The molecule has 17 heavy (non-hydrogen) atoms. The Morgan fingerprint density at radius 2 is 2.00 bits per heavy atom. The normalized spacial score (nSPS) is 14.3. The maximum Gasteiger partial charge on any atom is 0.0625 e. The van der Waals surface area contributed by atoms with Crippen molar-refractivity contribution in [2.75, 3.05) is 7.05 Å². The number of aromatic nitrogens is 2. The van der Waals surface area contributed by atoms with Crippen LogP contribution in [0.5, 0.6) is 0 Å². The van der Waals surface area contributed by atoms with E-state index < -0.39 is 0 Å². The van der Waals surface area contributed by atoms with Gasteiger partial charge >= 0.3 is 0 Å². The van der Waals surface area contributed by atoms with Crippen molar-refractivity contribution in [1.29, 1.82) is 0 Å². The summed E-state index contributed by atoms with van der Waals surface area (Å²) in [5.74, 6) is 0. The molecule has 3 heteroatoms. The van der Waals surface area contributed by atoms with E-state index in [4.69, 9.17) is 0 Å². The molecule has 0 amide bonds. The summed E-state index contributed by atoms with van der Waals surface area (Å²) in [5.41, 5.74) is 1.50. The Bertz CT molecular complexity index is 333. The molecular formula is C14H27N3. The average molecular weight is 237 g/mol. The number of hydrogen-bond acceptors (Lipinski definition) is 2. The molecule has 1 atom stereocenters. The van der Waals surface area contributed by atoms with E-state index in [9.17, 15) is 0 Å². The summed E-state index contributed by atoms with van der Waals surface area (Å²) >= 11 is 0. The number of hydrogen-bond donors (Lipinski definition) is 1. The molecule has 0 bridgehead atoms. The van der Waals surface area contributed by atoms with Crippen molar-refractivity contribution in [3.63, 3.8) is 0 Å². The Morgan fingerprint density at radius 3 is 2.41 bits per heavy atom. The maximum absolute atomic E-state index is 4.59. The smallest absolute Gasteiger partial charge is 0.0625 e. The lowest BCUT2D eigenvalue weighted by atomic mass is 9.84. The largest absolute Gasteiger partial charge is 0.316 e. The van der Waals surface area contributed by atoms with E-state index in [-0.39, 0.29) is 0 Å². The number of aryl methyl sites for hydroxylation is 1. The van der Waals surface area contributed by atoms with Crippen LogP contribution < -0.4 is 5.32 Å². The van der Waals surface area contributed by atoms with Crippen molar-refractivity contribution < 1.29 is 0 Å². The fraction of sp³-hybridized carbons (Fsp3) is 0.786. The molecule has 0 aliphatic carbocycles. The van der Waals surface area contributed by atoms with E-state index in [0.29, 0.717) is 17.5 Å². The van der Waals surface area contributed by atoms with Crippen LogP contribution in [0.15, 0.2) is 12.3 Å². The molecule has 0 saturated heterocycles. The Labute approximate surface area is 106 Å². The fourth-order valence-corrected chi connectivity index (χ4v) is 2.10. The van der Waals surface area contributed by atoms with Crippen LogP contribution in [0, 0.1) is 5.41 Å². The number of nitrogens with one attached hydrogen (secondary N) is 1. The molecule has 0 radical (unpaired) electrons. The Balaban J connectivity index is 2.54. The average Bonchev–Trinajstić information content (AvgIpc) is 2.65. The number of rotatable bonds is 5. The third-order valence-electron chi connectivity index (χ3n) is 3.28. The second-order valence-electron chi connectivity index (χ2n) is 6.13. The van der Waals surface area contributed by atoms with Gasteiger partial charge in [-0.2, -0.15) is 5.10 Å². The van der Waals surface area contributed by atoms with Crippen molar-refractivity contribution in [2.24, 2.45) is 5.41 Å². The summed E-state index contributed by atoms with van der Waals surface area (Å²) < 4.78 is 2.03. The molecule has 0 aliphatic rings. The molecule has 1 aromatic rings. The predicted molar refractivity (Wildman–Crippen MR) is 73.2 cm³/mol. The molecular weight excluding hydrogens is 210 g/mol. The van der Waals surface area contributed by atoms with Crippen molar-refractivity contribution >= 4 is 0 Å². The highest BCUT2D eigenvalue weighted by atomic mass is 15.3. The van der Waals surface area contributed by atoms with Crippen molar-refractivity contribution in [1.82, 2.24) is 15.1 Å². The third kappa shape index (κ3) is 4.15. The zero-order valence-electron chi connectivity index (χ0n) is 12.1. The van der Waals surface area contributed by atoms with Crippen LogP contribution in [0.25, 0.3) is 0 Å². The monoisotopic (exact) mass is 237 g/mol. The van der Waals surface area contributed by atoms with E-state index in [1.165, 1.54) is 5.69 Å². The van der Waals surface area contributed by atoms with Gasteiger partial charge in [0.05, 0.1) is 5.69 Å². The topological polar surface area (TPSA) is 29.9 Å². The van der Waals surface area contributed by atoms with E-state index in [1.807, 2.05) is 11.7 Å². The molecule has 0 aliphatic heterocycles. The van der Waals surface area contributed by atoms with Gasteiger partial charge in [0.2, 0.25) is 0 Å². The Morgan fingerprint density at radius 1 is 1.35 bits per heavy atom. The van der Waals surface area contributed by atoms with E-state index in [0.717, 1.165) is 12.8 Å². The van der Waals surface area contributed by atoms with Crippen molar-refractivity contribution in [3.8, 4) is 0 Å². The predicted octanol–water partition coefficient (Wildman–Crippen LogP) is 3.03. The zero-order chi connectivity index (χ0) is 13.1. The van der Waals surface area contributed by atoms with Crippen LogP contribution in [0.3, 0.4) is 0 Å². The van der Waals surface area contributed by atoms with E-state index >= 15 is 0 Å². The van der Waals surface area contributed by atoms with E-state index in [2.05, 4.69) is 57.3 Å². The van der Waals surface area contributed by atoms with Crippen molar-refractivity contribution in [3.05, 3.63) is 18.0 Å². The molecule has 3 nitrogen and oxygen atoms in total. The molecule has 1 N–H and O–H groups in total. The first-order chi connectivity index (χ1) is 7.84. The summed E-state index contributed by atoms with van der Waals surface area (Å²) in [7, 11) is 2.04. The lowest BCUT2D eigenvalue weighted by Crippen LogP contribution is -2.38. The first-order valence-electron chi connectivity index (χ1n) is 6.56. The van der Waals surface area contributed by atoms with Crippen LogP contribution >= 0.6 is 0 Å². The van der Waals surface area contributed by atoms with Crippen LogP contribution in [-0.4, -0.2) is 22.9 Å². The highest BCUT2D eigenvalue weighted by Gasteiger charge is 2.22. The number of nitrogens with zero attached hydrogens (tertiary/aromatic N) is 2. The van der Waals surface area contributed by atoms with Crippen LogP contribution in [0.1, 0.15) is 52.8 Å². The second kappa shape index (κ2) is 5.67. The van der Waals surface area contributed by atoms with Gasteiger partial charge in [-0.25, -0.2) is 0 Å². The Hall–Kier alpha value is -0.830. The van der Waals surface area contributed by atoms with Gasteiger partial charge in [-0.15, -0.1) is 0 Å². The molecule has 0 spiro atoms. The van der Waals surface area contributed by atoms with Gasteiger partial charge in [0, 0.05) is 18.3 Å². The van der Waals surface area contributed by atoms with Gasteiger partial charge in [-0.1, -0.05) is 20.8 Å². The van der Waals surface area contributed by atoms with Crippen LogP contribution in [0.2, 0.25) is 0 Å². The van der Waals surface area contributed by atoms with Crippen molar-refractivity contribution in [2.45, 2.75) is 59.5 Å². The summed E-state index contributed by atoms with van der Waals surface area (Å²) in [6.45, 7) is 11.1. The lowest BCUT2D eigenvalue weighted by Gasteiger charge is -2.30. The van der Waals surface area contributed by atoms with Gasteiger partial charge in [0.1, 0.15) is 0 Å². The molecule has 98 valence electrons. The third-order valence-corrected chi connectivity index (χ3v) is 3.28. The van der Waals surface area contributed by atoms with Crippen LogP contribution in [-0.2, 0) is 6.42 Å². The van der Waals surface area contributed by atoms with Crippen LogP contribution in [0.4, 0.5) is 0 Å². The molecule has 1 aromatic heterocycles. The highest BCUT2D eigenvalue weighted by Crippen LogP contribution is 2.22. The lowest BCUT2D eigenvalue weighted by molar-refractivity contribution is 0.267. The summed E-state index contributed by atoms with van der Waals surface area (Å²) in [5, 5.41) is 7.99. The van der Waals surface area contributed by atoms with Gasteiger partial charge in [-0.05, 0) is 45.2 Å². The summed E-state index contributed by atoms with van der Waals surface area (Å²) in [4.78, 5) is 0. The molecule has 1 rings (SSSR count). The van der Waals surface area contributed by atoms with Gasteiger partial charge < -0.3 is 5.32 Å². The SMILES string of the molecule is CNC(CCc1ccn(C(C)C)n1)C(C)(C)C. The Kier molecular flexibility index (Phi) is 4.75. The maximum atomic E-state index is 4.59. The van der Waals surface area contributed by atoms with Gasteiger partial charge in [0.25, 0.3) is 0 Å². The minimum Gasteiger partial charge on any atom is -0.316 e. The second-order valence-corrected chi connectivity index (χ2v) is 6.13. The quantitative estimate of drug-likeness (QED) is 0.853. The fourth-order valence-electron chi connectivity index (χ4n) is 2.10. The highest BCUT2D eigenvalue weighted by molar-refractivity contribution is 5.00. The summed E-state index contributed by atoms with van der Waals surface area (Å²) in [6.07, 6.45) is 4.25. The van der Waals surface area contributed by atoms with E-state index in [1.54, 1.807) is 0 Å². The molecule has 1 unspecified atom stereocenters. The molecule has 0 fully saturated rings.